The number of hydrogen-bond acceptors (Lipinski definition) is 6. The van der Waals surface area contributed by atoms with Gasteiger partial charge in [0.1, 0.15) is 11.7 Å². The lowest BCUT2D eigenvalue weighted by molar-refractivity contribution is -0.146. The standard InChI is InChI=1S/C27H35F3N6O2/c1-25(2,36-7-5-35(6-8-36)21-4-3-20(15-32-21)27(28,29)30)24(33-16-31)34-23-18-9-17-10-19(23)13-26(11-17,12-18)14-22(37)38/h3-4,15,17-19,23H,5-14H2,1-2H3,(H,33,34)(H,37,38). The van der Waals surface area contributed by atoms with Gasteiger partial charge in [0, 0.05) is 38.4 Å². The molecule has 38 heavy (non-hydrogen) atoms. The molecule has 1 saturated heterocycles. The van der Waals surface area contributed by atoms with E-state index in [4.69, 9.17) is 0 Å². The van der Waals surface area contributed by atoms with Gasteiger partial charge in [-0.3, -0.25) is 9.69 Å². The average Bonchev–Trinajstić information content (AvgIpc) is 2.84. The zero-order valence-corrected chi connectivity index (χ0v) is 21.8. The van der Waals surface area contributed by atoms with Crippen molar-refractivity contribution in [2.24, 2.45) is 28.2 Å². The van der Waals surface area contributed by atoms with Crippen molar-refractivity contribution in [2.45, 2.75) is 70.1 Å². The van der Waals surface area contributed by atoms with Gasteiger partial charge >= 0.3 is 12.1 Å². The molecule has 2 N–H and O–H groups in total. The Hall–Kier alpha value is -2.87. The molecule has 4 bridgehead atoms. The van der Waals surface area contributed by atoms with Crippen molar-refractivity contribution in [3.8, 4) is 6.19 Å². The molecule has 2 atom stereocenters. The van der Waals surface area contributed by atoms with Gasteiger partial charge < -0.3 is 15.3 Å². The molecule has 1 aliphatic heterocycles. The molecule has 206 valence electrons. The second kappa shape index (κ2) is 9.70. The van der Waals surface area contributed by atoms with Gasteiger partial charge in [0.15, 0.2) is 0 Å². The predicted octanol–water partition coefficient (Wildman–Crippen LogP) is 4.14. The topological polar surface area (TPSA) is 105 Å². The fourth-order valence-electron chi connectivity index (χ4n) is 7.90. The van der Waals surface area contributed by atoms with E-state index in [2.05, 4.69) is 20.2 Å². The number of pyridine rings is 1. The minimum absolute atomic E-state index is 0.0920. The van der Waals surface area contributed by atoms with Gasteiger partial charge in [-0.05, 0) is 81.3 Å². The van der Waals surface area contributed by atoms with Crippen molar-refractivity contribution in [3.05, 3.63) is 23.9 Å². The number of nitrogens with zero attached hydrogens (tertiary/aromatic N) is 5. The third-order valence-corrected chi connectivity index (χ3v) is 9.44. The molecule has 4 aliphatic carbocycles. The van der Waals surface area contributed by atoms with Gasteiger partial charge in [0.05, 0.1) is 17.5 Å². The number of nitrogens with one attached hydrogen (secondary N) is 1. The van der Waals surface area contributed by atoms with E-state index in [-0.39, 0.29) is 17.9 Å². The summed E-state index contributed by atoms with van der Waals surface area (Å²) in [5.74, 6) is 1.77. The summed E-state index contributed by atoms with van der Waals surface area (Å²) in [6.45, 7) is 6.56. The Bertz CT molecular complexity index is 1110. The quantitative estimate of drug-likeness (QED) is 0.322. The van der Waals surface area contributed by atoms with E-state index in [0.29, 0.717) is 55.6 Å². The van der Waals surface area contributed by atoms with Crippen LogP contribution in [0.25, 0.3) is 0 Å². The third kappa shape index (κ3) is 5.07. The molecular weight excluding hydrogens is 497 g/mol. The maximum absolute atomic E-state index is 12.9. The first-order valence-electron chi connectivity index (χ1n) is 13.4. The monoisotopic (exact) mass is 532 g/mol. The number of aliphatic imine (C=N–C) groups is 1. The summed E-state index contributed by atoms with van der Waals surface area (Å²) >= 11 is 0. The second-order valence-electron chi connectivity index (χ2n) is 12.2. The van der Waals surface area contributed by atoms with Gasteiger partial charge in [-0.25, -0.2) is 4.98 Å². The van der Waals surface area contributed by atoms with Crippen LogP contribution in [0.3, 0.4) is 0 Å². The number of rotatable bonds is 6. The van der Waals surface area contributed by atoms with E-state index >= 15 is 0 Å². The Labute approximate surface area is 220 Å². The summed E-state index contributed by atoms with van der Waals surface area (Å²) in [5, 5.41) is 22.7. The molecule has 5 aliphatic rings. The lowest BCUT2D eigenvalue weighted by Gasteiger charge is -2.60. The highest BCUT2D eigenvalue weighted by Gasteiger charge is 2.56. The molecule has 11 heteroatoms. The molecule has 2 unspecified atom stereocenters. The molecule has 0 spiro atoms. The number of halogens is 3. The van der Waals surface area contributed by atoms with Crippen molar-refractivity contribution in [1.82, 2.24) is 15.2 Å². The van der Waals surface area contributed by atoms with Crippen LogP contribution >= 0.6 is 0 Å². The number of amidine groups is 1. The minimum atomic E-state index is -4.41. The first kappa shape index (κ1) is 26.7. The minimum Gasteiger partial charge on any atom is -0.481 e. The van der Waals surface area contributed by atoms with Crippen LogP contribution in [0.2, 0.25) is 0 Å². The van der Waals surface area contributed by atoms with E-state index in [1.54, 1.807) is 0 Å². The van der Waals surface area contributed by atoms with Crippen LogP contribution in [-0.2, 0) is 11.0 Å². The van der Waals surface area contributed by atoms with E-state index in [1.807, 2.05) is 24.9 Å². The number of piperazine rings is 1. The maximum atomic E-state index is 12.9. The van der Waals surface area contributed by atoms with Crippen LogP contribution in [0.1, 0.15) is 57.9 Å². The molecule has 1 aromatic rings. The first-order valence-corrected chi connectivity index (χ1v) is 13.4. The number of hydrogen-bond donors (Lipinski definition) is 2. The number of nitriles is 1. The van der Waals surface area contributed by atoms with Crippen LogP contribution < -0.4 is 10.2 Å². The molecule has 5 fully saturated rings. The van der Waals surface area contributed by atoms with Gasteiger partial charge in [0.2, 0.25) is 6.19 Å². The largest absolute Gasteiger partial charge is 0.481 e. The lowest BCUT2D eigenvalue weighted by Crippen LogP contribution is -2.65. The fraction of sp³-hybridized carbons (Fsp3) is 0.704. The molecule has 0 aromatic carbocycles. The summed E-state index contributed by atoms with van der Waals surface area (Å²) in [6, 6.07) is 2.65. The van der Waals surface area contributed by atoms with E-state index in [0.717, 1.165) is 44.4 Å². The number of carboxylic acids is 1. The zero-order valence-electron chi connectivity index (χ0n) is 21.8. The molecule has 2 heterocycles. The molecule has 4 saturated carbocycles. The zero-order chi connectivity index (χ0) is 27.3. The number of aliphatic carboxylic acids is 1. The molecule has 8 nitrogen and oxygen atoms in total. The Balaban J connectivity index is 1.25. The van der Waals surface area contributed by atoms with Crippen LogP contribution in [0.15, 0.2) is 23.3 Å². The summed E-state index contributed by atoms with van der Waals surface area (Å²) in [4.78, 5) is 24.1. The summed E-state index contributed by atoms with van der Waals surface area (Å²) < 4.78 is 38.7. The Kier molecular flexibility index (Phi) is 6.83. The predicted molar refractivity (Wildman–Crippen MR) is 135 cm³/mol. The van der Waals surface area contributed by atoms with Gasteiger partial charge in [-0.2, -0.15) is 23.4 Å². The lowest BCUT2D eigenvalue weighted by atomic mass is 9.47. The summed E-state index contributed by atoms with van der Waals surface area (Å²) in [5.41, 5.74) is -1.41. The van der Waals surface area contributed by atoms with Crippen molar-refractivity contribution in [1.29, 1.82) is 5.26 Å². The number of alkyl halides is 3. The Morgan fingerprint density at radius 1 is 1.18 bits per heavy atom. The molecule has 0 radical (unpaired) electrons. The molecular formula is C27H35F3N6O2. The highest BCUT2D eigenvalue weighted by molar-refractivity contribution is 5.92. The van der Waals surface area contributed by atoms with Crippen LogP contribution in [0.5, 0.6) is 0 Å². The van der Waals surface area contributed by atoms with Crippen molar-refractivity contribution >= 4 is 17.6 Å². The Morgan fingerprint density at radius 3 is 2.37 bits per heavy atom. The van der Waals surface area contributed by atoms with E-state index in [9.17, 15) is 28.3 Å². The van der Waals surface area contributed by atoms with Gasteiger partial charge in [-0.1, -0.05) is 0 Å². The SMILES string of the molecule is CC(C)(/C(=N\C#N)NC1C2CC3CC1CC(CC(=O)O)(C3)C2)N1CCN(c2ccc(C(F)(F)F)cn2)CC1. The second-order valence-corrected chi connectivity index (χ2v) is 12.2. The van der Waals surface area contributed by atoms with Crippen LogP contribution in [0.4, 0.5) is 19.0 Å². The number of carboxylic acid groups (broad SMARTS) is 1. The number of aromatic nitrogens is 1. The molecule has 0 amide bonds. The van der Waals surface area contributed by atoms with Crippen molar-refractivity contribution < 1.29 is 23.1 Å². The normalized spacial score (nSPS) is 31.8. The smallest absolute Gasteiger partial charge is 0.417 e. The highest BCUT2D eigenvalue weighted by Crippen LogP contribution is 2.61. The number of anilines is 1. The number of carbonyl (C=O) groups is 1. The average molecular weight is 533 g/mol. The van der Waals surface area contributed by atoms with Crippen molar-refractivity contribution in [2.75, 3.05) is 31.1 Å². The summed E-state index contributed by atoms with van der Waals surface area (Å²) in [6.07, 6.45) is 3.70. The maximum Gasteiger partial charge on any atom is 0.417 e. The summed E-state index contributed by atoms with van der Waals surface area (Å²) in [7, 11) is 0. The van der Waals surface area contributed by atoms with Crippen molar-refractivity contribution in [3.63, 3.8) is 0 Å². The van der Waals surface area contributed by atoms with Crippen LogP contribution in [0, 0.1) is 34.6 Å². The third-order valence-electron chi connectivity index (χ3n) is 9.44. The Morgan fingerprint density at radius 2 is 1.84 bits per heavy atom. The van der Waals surface area contributed by atoms with E-state index in [1.165, 1.54) is 6.07 Å². The van der Waals surface area contributed by atoms with Gasteiger partial charge in [0.25, 0.3) is 0 Å². The molecule has 1 aromatic heterocycles. The van der Waals surface area contributed by atoms with E-state index < -0.39 is 23.2 Å². The fourth-order valence-corrected chi connectivity index (χ4v) is 7.90. The van der Waals surface area contributed by atoms with Crippen LogP contribution in [-0.4, -0.2) is 64.6 Å². The van der Waals surface area contributed by atoms with Gasteiger partial charge in [-0.15, -0.1) is 0 Å². The first-order chi connectivity index (χ1) is 17.9. The molecule has 6 rings (SSSR count). The highest BCUT2D eigenvalue weighted by atomic mass is 19.4.